The van der Waals surface area contributed by atoms with Gasteiger partial charge in [0, 0.05) is 12.6 Å². The molecule has 0 saturated heterocycles. The molecule has 2 aliphatic carbocycles. The van der Waals surface area contributed by atoms with Gasteiger partial charge in [0.25, 0.3) is 0 Å². The molecule has 0 aromatic heterocycles. The third-order valence-corrected chi connectivity index (χ3v) is 5.67. The van der Waals surface area contributed by atoms with E-state index in [1.54, 1.807) is 12.1 Å². The molecule has 0 heterocycles. The van der Waals surface area contributed by atoms with Crippen LogP contribution in [0.4, 0.5) is 4.39 Å². The van der Waals surface area contributed by atoms with Crippen LogP contribution in [0, 0.1) is 22.6 Å². The van der Waals surface area contributed by atoms with Gasteiger partial charge in [0.2, 0.25) is 0 Å². The Morgan fingerprint density at radius 1 is 1.32 bits per heavy atom. The van der Waals surface area contributed by atoms with Crippen LogP contribution in [-0.4, -0.2) is 6.04 Å². The van der Waals surface area contributed by atoms with E-state index in [1.165, 1.54) is 25.3 Å². The summed E-state index contributed by atoms with van der Waals surface area (Å²) in [6.45, 7) is 7.98. The van der Waals surface area contributed by atoms with Gasteiger partial charge >= 0.3 is 0 Å². The Kier molecular flexibility index (Phi) is 2.97. The van der Waals surface area contributed by atoms with Crippen LogP contribution in [-0.2, 0) is 6.54 Å². The summed E-state index contributed by atoms with van der Waals surface area (Å²) in [4.78, 5) is 0. The number of hydrogen-bond donors (Lipinski definition) is 1. The number of fused-ring (bicyclic) bond motifs is 2. The second kappa shape index (κ2) is 4.31. The van der Waals surface area contributed by atoms with E-state index in [0.717, 1.165) is 18.0 Å². The molecule has 2 saturated carbocycles. The molecule has 1 N–H and O–H groups in total. The lowest BCUT2D eigenvalue weighted by molar-refractivity contribution is 0.108. The lowest BCUT2D eigenvalue weighted by atomic mass is 9.68. The maximum Gasteiger partial charge on any atom is 0.123 e. The smallest absolute Gasteiger partial charge is 0.123 e. The first-order valence-corrected chi connectivity index (χ1v) is 7.40. The highest BCUT2D eigenvalue weighted by Gasteiger charge is 2.58. The van der Waals surface area contributed by atoms with Crippen LogP contribution >= 0.6 is 0 Å². The number of hydrogen-bond acceptors (Lipinski definition) is 1. The molecule has 2 bridgehead atoms. The summed E-state index contributed by atoms with van der Waals surface area (Å²) >= 11 is 0. The molecular formula is C17H24FN. The minimum Gasteiger partial charge on any atom is -0.309 e. The third-order valence-electron chi connectivity index (χ3n) is 5.67. The largest absolute Gasteiger partial charge is 0.309 e. The molecule has 1 unspecified atom stereocenters. The fourth-order valence-corrected chi connectivity index (χ4v) is 4.68. The fraction of sp³-hybridized carbons (Fsp3) is 0.647. The standard InChI is InChI=1S/C17H24FN/c1-16(2)13-7-8-17(3,10-13)15(16)19-11-12-5-4-6-14(18)9-12/h4-6,9,13,15,19H,7-8,10-11H2,1-3H3/t13-,15?,17+/m0/s1. The lowest BCUT2D eigenvalue weighted by Crippen LogP contribution is -2.49. The van der Waals surface area contributed by atoms with Gasteiger partial charge in [-0.3, -0.25) is 0 Å². The molecule has 1 nitrogen and oxygen atoms in total. The molecule has 2 fully saturated rings. The van der Waals surface area contributed by atoms with Crippen LogP contribution in [0.1, 0.15) is 45.6 Å². The summed E-state index contributed by atoms with van der Waals surface area (Å²) in [5.74, 6) is 0.709. The molecule has 3 atom stereocenters. The molecule has 2 aliphatic rings. The highest BCUT2D eigenvalue weighted by Crippen LogP contribution is 2.62. The van der Waals surface area contributed by atoms with Crippen LogP contribution in [0.3, 0.4) is 0 Å². The maximum atomic E-state index is 13.2. The van der Waals surface area contributed by atoms with E-state index in [4.69, 9.17) is 0 Å². The monoisotopic (exact) mass is 261 g/mol. The fourth-order valence-electron chi connectivity index (χ4n) is 4.68. The van der Waals surface area contributed by atoms with Crippen LogP contribution in [0.5, 0.6) is 0 Å². The lowest BCUT2D eigenvalue weighted by Gasteiger charge is -2.43. The zero-order chi connectivity index (χ0) is 13.7. The molecule has 0 amide bonds. The Bertz CT molecular complexity index is 477. The van der Waals surface area contributed by atoms with E-state index in [0.29, 0.717) is 16.9 Å². The summed E-state index contributed by atoms with van der Waals surface area (Å²) in [6, 6.07) is 7.47. The summed E-state index contributed by atoms with van der Waals surface area (Å²) < 4.78 is 13.2. The van der Waals surface area contributed by atoms with Gasteiger partial charge in [0.15, 0.2) is 0 Å². The SMILES string of the molecule is CC1(C)C(NCc2cccc(F)c2)[C@]2(C)CC[C@H]1C2. The van der Waals surface area contributed by atoms with Crippen LogP contribution in [0.2, 0.25) is 0 Å². The van der Waals surface area contributed by atoms with Crippen molar-refractivity contribution >= 4 is 0 Å². The van der Waals surface area contributed by atoms with Gasteiger partial charge in [-0.25, -0.2) is 4.39 Å². The van der Waals surface area contributed by atoms with Crippen molar-refractivity contribution in [2.75, 3.05) is 0 Å². The van der Waals surface area contributed by atoms with Crippen molar-refractivity contribution in [1.29, 1.82) is 0 Å². The molecule has 0 radical (unpaired) electrons. The Morgan fingerprint density at radius 2 is 2.11 bits per heavy atom. The van der Waals surface area contributed by atoms with E-state index in [1.807, 2.05) is 6.07 Å². The van der Waals surface area contributed by atoms with Gasteiger partial charge in [-0.1, -0.05) is 32.9 Å². The zero-order valence-electron chi connectivity index (χ0n) is 12.2. The molecule has 2 heteroatoms. The first-order chi connectivity index (χ1) is 8.92. The normalized spacial score (nSPS) is 35.8. The van der Waals surface area contributed by atoms with E-state index >= 15 is 0 Å². The molecule has 3 rings (SSSR count). The van der Waals surface area contributed by atoms with Crippen molar-refractivity contribution in [2.45, 2.75) is 52.6 Å². The van der Waals surface area contributed by atoms with E-state index in [9.17, 15) is 4.39 Å². The topological polar surface area (TPSA) is 12.0 Å². The minimum atomic E-state index is -0.141. The van der Waals surface area contributed by atoms with Crippen LogP contribution in [0.15, 0.2) is 24.3 Å². The van der Waals surface area contributed by atoms with Gasteiger partial charge in [0.1, 0.15) is 5.82 Å². The summed E-state index contributed by atoms with van der Waals surface area (Å²) in [5, 5.41) is 3.72. The van der Waals surface area contributed by atoms with E-state index in [2.05, 4.69) is 26.1 Å². The second-order valence-electron chi connectivity index (χ2n) is 7.36. The Balaban J connectivity index is 1.73. The van der Waals surface area contributed by atoms with E-state index in [-0.39, 0.29) is 5.82 Å². The minimum absolute atomic E-state index is 0.141. The van der Waals surface area contributed by atoms with Gasteiger partial charge in [-0.05, 0) is 53.7 Å². The predicted octanol–water partition coefficient (Wildman–Crippen LogP) is 4.13. The van der Waals surface area contributed by atoms with Gasteiger partial charge in [0.05, 0.1) is 0 Å². The van der Waals surface area contributed by atoms with Gasteiger partial charge in [-0.2, -0.15) is 0 Å². The maximum absolute atomic E-state index is 13.2. The highest BCUT2D eigenvalue weighted by molar-refractivity contribution is 5.18. The Labute approximate surface area is 115 Å². The zero-order valence-corrected chi connectivity index (χ0v) is 12.2. The molecule has 19 heavy (non-hydrogen) atoms. The van der Waals surface area contributed by atoms with Gasteiger partial charge < -0.3 is 5.32 Å². The molecule has 104 valence electrons. The Morgan fingerprint density at radius 3 is 2.74 bits per heavy atom. The number of nitrogens with one attached hydrogen (secondary N) is 1. The van der Waals surface area contributed by atoms with Crippen molar-refractivity contribution in [1.82, 2.24) is 5.32 Å². The Hall–Kier alpha value is -0.890. The second-order valence-corrected chi connectivity index (χ2v) is 7.36. The van der Waals surface area contributed by atoms with Crippen molar-refractivity contribution in [3.05, 3.63) is 35.6 Å². The van der Waals surface area contributed by atoms with Crippen LogP contribution in [0.25, 0.3) is 0 Å². The van der Waals surface area contributed by atoms with Gasteiger partial charge in [-0.15, -0.1) is 0 Å². The summed E-state index contributed by atoms with van der Waals surface area (Å²) in [7, 11) is 0. The number of benzene rings is 1. The quantitative estimate of drug-likeness (QED) is 0.862. The highest BCUT2D eigenvalue weighted by atomic mass is 19.1. The first-order valence-electron chi connectivity index (χ1n) is 7.40. The average molecular weight is 261 g/mol. The summed E-state index contributed by atoms with van der Waals surface area (Å²) in [6.07, 6.45) is 4.06. The van der Waals surface area contributed by atoms with Crippen molar-refractivity contribution < 1.29 is 4.39 Å². The summed E-state index contributed by atoms with van der Waals surface area (Å²) in [5.41, 5.74) is 1.84. The van der Waals surface area contributed by atoms with Crippen molar-refractivity contribution in [3.8, 4) is 0 Å². The first kappa shape index (κ1) is 13.1. The van der Waals surface area contributed by atoms with Crippen molar-refractivity contribution in [2.24, 2.45) is 16.7 Å². The van der Waals surface area contributed by atoms with E-state index < -0.39 is 0 Å². The molecule has 1 aromatic rings. The molecular weight excluding hydrogens is 237 g/mol. The molecule has 1 aromatic carbocycles. The molecule has 0 spiro atoms. The number of rotatable bonds is 3. The number of halogens is 1. The third kappa shape index (κ3) is 2.10. The predicted molar refractivity (Wildman–Crippen MR) is 76.3 cm³/mol. The van der Waals surface area contributed by atoms with Crippen molar-refractivity contribution in [3.63, 3.8) is 0 Å². The average Bonchev–Trinajstić information content (AvgIpc) is 2.80. The molecule has 0 aliphatic heterocycles. The van der Waals surface area contributed by atoms with Crippen LogP contribution < -0.4 is 5.32 Å².